The van der Waals surface area contributed by atoms with E-state index in [-0.39, 0.29) is 0 Å². The zero-order valence-corrected chi connectivity index (χ0v) is 14.6. The van der Waals surface area contributed by atoms with Crippen LogP contribution in [0, 0.1) is 13.8 Å². The summed E-state index contributed by atoms with van der Waals surface area (Å²) < 4.78 is 0. The summed E-state index contributed by atoms with van der Waals surface area (Å²) in [6.45, 7) is 6.37. The largest absolute Gasteiger partial charge is 0.0651 e. The zero-order valence-electron chi connectivity index (χ0n) is 14.6. The summed E-state index contributed by atoms with van der Waals surface area (Å²) in [5, 5.41) is 0. The Bertz CT molecular complexity index is 560. The molecule has 0 saturated carbocycles. The predicted octanol–water partition coefficient (Wildman–Crippen LogP) is 6.63. The van der Waals surface area contributed by atoms with Crippen molar-refractivity contribution in [2.75, 3.05) is 0 Å². The molecule has 0 unspecified atom stereocenters. The van der Waals surface area contributed by atoms with E-state index in [0.29, 0.717) is 0 Å². The van der Waals surface area contributed by atoms with Gasteiger partial charge in [0.1, 0.15) is 0 Å². The van der Waals surface area contributed by atoms with Crippen molar-refractivity contribution in [3.8, 4) is 0 Å². The Hall–Kier alpha value is -2.34. The molecule has 0 atom stereocenters. The summed E-state index contributed by atoms with van der Waals surface area (Å²) in [7, 11) is 0. The van der Waals surface area contributed by atoms with Gasteiger partial charge in [-0.05, 0) is 25.8 Å². The van der Waals surface area contributed by atoms with E-state index >= 15 is 0 Å². The zero-order chi connectivity index (χ0) is 16.8. The van der Waals surface area contributed by atoms with Crippen molar-refractivity contribution in [1.82, 2.24) is 0 Å². The Balaban J connectivity index is 0.000000175. The molecule has 0 radical (unpaired) electrons. The predicted molar refractivity (Wildman–Crippen MR) is 103 cm³/mol. The fourth-order valence-corrected chi connectivity index (χ4v) is 2.00. The molecule has 0 saturated heterocycles. The van der Waals surface area contributed by atoms with Gasteiger partial charge in [-0.3, -0.25) is 0 Å². The lowest BCUT2D eigenvalue weighted by Crippen LogP contribution is -1.78. The van der Waals surface area contributed by atoms with Crippen LogP contribution in [0.5, 0.6) is 0 Å². The molecule has 0 nitrogen and oxygen atoms in total. The SMILES string of the molecule is CCCc1ccccc1.Cc1ccccc1.Cc1ccccc1. The first kappa shape index (κ1) is 18.7. The smallest absolute Gasteiger partial charge is 0.0281 e. The summed E-state index contributed by atoms with van der Waals surface area (Å²) in [5.41, 5.74) is 4.09. The number of hydrogen-bond donors (Lipinski definition) is 0. The highest BCUT2D eigenvalue weighted by Crippen LogP contribution is 2.00. The van der Waals surface area contributed by atoms with Gasteiger partial charge in [-0.2, -0.15) is 0 Å². The Labute approximate surface area is 141 Å². The van der Waals surface area contributed by atoms with E-state index < -0.39 is 0 Å². The van der Waals surface area contributed by atoms with Crippen molar-refractivity contribution in [3.05, 3.63) is 108 Å². The number of benzene rings is 3. The molecule has 0 heteroatoms. The molecule has 0 aliphatic rings. The first-order chi connectivity index (χ1) is 11.2. The van der Waals surface area contributed by atoms with E-state index in [2.05, 4.69) is 75.4 Å². The van der Waals surface area contributed by atoms with Crippen molar-refractivity contribution < 1.29 is 0 Å². The van der Waals surface area contributed by atoms with Gasteiger partial charge in [-0.1, -0.05) is 115 Å². The lowest BCUT2D eigenvalue weighted by Gasteiger charge is -1.93. The Morgan fingerprint density at radius 1 is 0.522 bits per heavy atom. The van der Waals surface area contributed by atoms with Crippen LogP contribution in [0.1, 0.15) is 30.0 Å². The first-order valence-corrected chi connectivity index (χ1v) is 8.29. The normalized spacial score (nSPS) is 9.00. The maximum atomic E-state index is 2.20. The molecule has 0 N–H and O–H groups in total. The molecular formula is C23H28. The van der Waals surface area contributed by atoms with Gasteiger partial charge in [-0.25, -0.2) is 0 Å². The van der Waals surface area contributed by atoms with Crippen LogP contribution in [0.2, 0.25) is 0 Å². The molecule has 0 amide bonds. The van der Waals surface area contributed by atoms with E-state index in [1.165, 1.54) is 29.5 Å². The van der Waals surface area contributed by atoms with Crippen molar-refractivity contribution in [1.29, 1.82) is 0 Å². The van der Waals surface area contributed by atoms with Crippen molar-refractivity contribution in [2.45, 2.75) is 33.6 Å². The van der Waals surface area contributed by atoms with E-state index in [0.717, 1.165) is 0 Å². The van der Waals surface area contributed by atoms with Crippen LogP contribution >= 0.6 is 0 Å². The third-order valence-electron chi connectivity index (χ3n) is 3.26. The average molecular weight is 304 g/mol. The topological polar surface area (TPSA) is 0 Å². The van der Waals surface area contributed by atoms with Gasteiger partial charge in [0.2, 0.25) is 0 Å². The molecule has 0 fully saturated rings. The van der Waals surface area contributed by atoms with Gasteiger partial charge in [0.15, 0.2) is 0 Å². The molecule has 23 heavy (non-hydrogen) atoms. The molecule has 0 heterocycles. The fraction of sp³-hybridized carbons (Fsp3) is 0.217. The third-order valence-corrected chi connectivity index (χ3v) is 3.26. The second kappa shape index (κ2) is 12.2. The maximum Gasteiger partial charge on any atom is -0.0281 e. The van der Waals surface area contributed by atoms with Crippen molar-refractivity contribution in [2.24, 2.45) is 0 Å². The van der Waals surface area contributed by atoms with Crippen LogP contribution in [0.25, 0.3) is 0 Å². The van der Waals surface area contributed by atoms with Crippen LogP contribution in [0.15, 0.2) is 91.0 Å². The highest BCUT2D eigenvalue weighted by Gasteiger charge is 1.84. The van der Waals surface area contributed by atoms with Gasteiger partial charge >= 0.3 is 0 Å². The summed E-state index contributed by atoms with van der Waals surface area (Å²) in [6.07, 6.45) is 2.45. The van der Waals surface area contributed by atoms with E-state index in [4.69, 9.17) is 0 Å². The molecule has 3 aromatic carbocycles. The van der Waals surface area contributed by atoms with Crippen molar-refractivity contribution >= 4 is 0 Å². The summed E-state index contributed by atoms with van der Waals surface area (Å²) in [4.78, 5) is 0. The molecule has 3 rings (SSSR count). The third kappa shape index (κ3) is 10.1. The summed E-state index contributed by atoms with van der Waals surface area (Å²) in [6, 6.07) is 31.1. The lowest BCUT2D eigenvalue weighted by atomic mass is 10.1. The van der Waals surface area contributed by atoms with Gasteiger partial charge in [0, 0.05) is 0 Å². The highest BCUT2D eigenvalue weighted by molar-refractivity contribution is 5.14. The van der Waals surface area contributed by atoms with E-state index in [1.807, 2.05) is 36.4 Å². The Kier molecular flexibility index (Phi) is 9.95. The van der Waals surface area contributed by atoms with Gasteiger partial charge in [0.05, 0.1) is 0 Å². The summed E-state index contributed by atoms with van der Waals surface area (Å²) in [5.74, 6) is 0. The molecular weight excluding hydrogens is 276 g/mol. The van der Waals surface area contributed by atoms with Gasteiger partial charge in [0.25, 0.3) is 0 Å². The Morgan fingerprint density at radius 2 is 0.870 bits per heavy atom. The molecule has 0 bridgehead atoms. The monoisotopic (exact) mass is 304 g/mol. The molecule has 0 aliphatic carbocycles. The van der Waals surface area contributed by atoms with Crippen LogP contribution in [0.4, 0.5) is 0 Å². The first-order valence-electron chi connectivity index (χ1n) is 8.29. The van der Waals surface area contributed by atoms with E-state index in [9.17, 15) is 0 Å². The quantitative estimate of drug-likeness (QED) is 0.498. The van der Waals surface area contributed by atoms with Crippen LogP contribution in [-0.4, -0.2) is 0 Å². The average Bonchev–Trinajstić information content (AvgIpc) is 2.59. The number of aryl methyl sites for hydroxylation is 3. The van der Waals surface area contributed by atoms with Gasteiger partial charge in [-0.15, -0.1) is 0 Å². The van der Waals surface area contributed by atoms with Crippen molar-refractivity contribution in [3.63, 3.8) is 0 Å². The lowest BCUT2D eigenvalue weighted by molar-refractivity contribution is 0.922. The molecule has 120 valence electrons. The second-order valence-corrected chi connectivity index (χ2v) is 5.54. The van der Waals surface area contributed by atoms with E-state index in [1.54, 1.807) is 0 Å². The number of rotatable bonds is 2. The molecule has 0 spiro atoms. The minimum Gasteiger partial charge on any atom is -0.0651 e. The van der Waals surface area contributed by atoms with Gasteiger partial charge < -0.3 is 0 Å². The minimum absolute atomic E-state index is 1.21. The Morgan fingerprint density at radius 3 is 1.13 bits per heavy atom. The molecule has 3 aromatic rings. The standard InChI is InChI=1S/C9H12.2C7H8/c1-2-6-9-7-4-3-5-8-9;2*1-7-5-3-2-4-6-7/h3-5,7-8H,2,6H2,1H3;2*2-6H,1H3. The van der Waals surface area contributed by atoms with Crippen LogP contribution in [-0.2, 0) is 6.42 Å². The number of hydrogen-bond acceptors (Lipinski definition) is 0. The maximum absolute atomic E-state index is 2.20. The fourth-order valence-electron chi connectivity index (χ4n) is 2.00. The second-order valence-electron chi connectivity index (χ2n) is 5.54. The van der Waals surface area contributed by atoms with Crippen LogP contribution < -0.4 is 0 Å². The summed E-state index contributed by atoms with van der Waals surface area (Å²) >= 11 is 0. The molecule has 0 aliphatic heterocycles. The van der Waals surface area contributed by atoms with Crippen LogP contribution in [0.3, 0.4) is 0 Å². The molecule has 0 aromatic heterocycles. The minimum atomic E-state index is 1.21. The highest BCUT2D eigenvalue weighted by atomic mass is 13.9.